The van der Waals surface area contributed by atoms with Crippen LogP contribution in [0, 0.1) is 0 Å². The van der Waals surface area contributed by atoms with E-state index in [0.29, 0.717) is 32.6 Å². The van der Waals surface area contributed by atoms with E-state index in [0.717, 1.165) is 31.5 Å². The number of hydrogen-bond donors (Lipinski definition) is 1. The van der Waals surface area contributed by atoms with Crippen LogP contribution in [0.3, 0.4) is 0 Å². The van der Waals surface area contributed by atoms with E-state index in [2.05, 4.69) is 65.7 Å². The minimum atomic E-state index is -0.116. The molecule has 1 heterocycles. The zero-order valence-electron chi connectivity index (χ0n) is 23.3. The fraction of sp³-hybridized carbons (Fsp3) is 0.394. The number of carbonyl (C=O) groups excluding carboxylic acids is 2. The Kier molecular flexibility index (Phi) is 10.5. The maximum Gasteiger partial charge on any atom is 0.317 e. The van der Waals surface area contributed by atoms with Crippen LogP contribution < -0.4 is 5.32 Å². The summed E-state index contributed by atoms with van der Waals surface area (Å²) in [5.74, 6) is 0.109. The van der Waals surface area contributed by atoms with E-state index >= 15 is 0 Å². The van der Waals surface area contributed by atoms with E-state index in [1.807, 2.05) is 54.3 Å². The number of nitrogens with zero attached hydrogens (tertiary/aromatic N) is 3. The van der Waals surface area contributed by atoms with Crippen LogP contribution in [0.25, 0.3) is 0 Å². The Hall–Kier alpha value is -3.64. The summed E-state index contributed by atoms with van der Waals surface area (Å²) in [6.07, 6.45) is 2.28. The number of hydrogen-bond acceptors (Lipinski definition) is 3. The molecule has 1 aliphatic rings. The van der Waals surface area contributed by atoms with Crippen molar-refractivity contribution in [1.29, 1.82) is 0 Å². The van der Waals surface area contributed by atoms with Crippen molar-refractivity contribution in [2.45, 2.75) is 45.2 Å². The van der Waals surface area contributed by atoms with E-state index in [9.17, 15) is 9.59 Å². The SMILES string of the molecule is CCCCNC(=O)N(CCC(=O)N1CCN(C(c2ccccc2)c2ccccc2)CC1)C(C)c1ccccc1. The van der Waals surface area contributed by atoms with E-state index in [4.69, 9.17) is 0 Å². The van der Waals surface area contributed by atoms with E-state index < -0.39 is 0 Å². The average Bonchev–Trinajstić information content (AvgIpc) is 2.99. The van der Waals surface area contributed by atoms with Gasteiger partial charge in [-0.15, -0.1) is 0 Å². The summed E-state index contributed by atoms with van der Waals surface area (Å²) >= 11 is 0. The van der Waals surface area contributed by atoms with Gasteiger partial charge in [0, 0.05) is 45.7 Å². The fourth-order valence-corrected chi connectivity index (χ4v) is 5.34. The minimum Gasteiger partial charge on any atom is -0.340 e. The summed E-state index contributed by atoms with van der Waals surface area (Å²) in [4.78, 5) is 32.6. The van der Waals surface area contributed by atoms with Crippen molar-refractivity contribution < 1.29 is 9.59 Å². The van der Waals surface area contributed by atoms with Crippen molar-refractivity contribution in [3.05, 3.63) is 108 Å². The second-order valence-corrected chi connectivity index (χ2v) is 10.3. The standard InChI is InChI=1S/C33H42N4O2/c1-3-4-21-34-33(39)37(27(2)28-14-8-5-9-15-28)22-20-31(38)35-23-25-36(26-24-35)32(29-16-10-6-11-17-29)30-18-12-7-13-19-30/h5-19,27,32H,3-4,20-26H2,1-2H3,(H,34,39). The highest BCUT2D eigenvalue weighted by Gasteiger charge is 2.29. The number of nitrogens with one attached hydrogen (secondary N) is 1. The maximum absolute atomic E-state index is 13.3. The molecule has 4 rings (SSSR count). The van der Waals surface area contributed by atoms with Crippen molar-refractivity contribution in [1.82, 2.24) is 20.0 Å². The molecule has 0 saturated carbocycles. The zero-order chi connectivity index (χ0) is 27.5. The molecule has 39 heavy (non-hydrogen) atoms. The van der Waals surface area contributed by atoms with E-state index in [-0.39, 0.29) is 24.0 Å². The van der Waals surface area contributed by atoms with Gasteiger partial charge in [0.15, 0.2) is 0 Å². The molecule has 0 spiro atoms. The van der Waals surface area contributed by atoms with Crippen LogP contribution in [0.15, 0.2) is 91.0 Å². The number of carbonyl (C=O) groups is 2. The quantitative estimate of drug-likeness (QED) is 0.317. The van der Waals surface area contributed by atoms with Gasteiger partial charge in [0.25, 0.3) is 0 Å². The lowest BCUT2D eigenvalue weighted by Gasteiger charge is -2.40. The first-order valence-corrected chi connectivity index (χ1v) is 14.3. The van der Waals surface area contributed by atoms with Crippen molar-refractivity contribution in [2.75, 3.05) is 39.3 Å². The van der Waals surface area contributed by atoms with Gasteiger partial charge < -0.3 is 15.1 Å². The second kappa shape index (κ2) is 14.5. The van der Waals surface area contributed by atoms with Crippen LogP contribution in [-0.4, -0.2) is 65.9 Å². The largest absolute Gasteiger partial charge is 0.340 e. The van der Waals surface area contributed by atoms with Crippen LogP contribution >= 0.6 is 0 Å². The van der Waals surface area contributed by atoms with Gasteiger partial charge in [0.1, 0.15) is 0 Å². The lowest BCUT2D eigenvalue weighted by Crippen LogP contribution is -2.50. The Labute approximate surface area is 233 Å². The Balaban J connectivity index is 1.38. The van der Waals surface area contributed by atoms with Crippen LogP contribution in [0.1, 0.15) is 61.9 Å². The number of benzene rings is 3. The van der Waals surface area contributed by atoms with Gasteiger partial charge in [0.2, 0.25) is 5.91 Å². The summed E-state index contributed by atoms with van der Waals surface area (Å²) in [6.45, 7) is 8.17. The number of unbranched alkanes of at least 4 members (excludes halogenated alkanes) is 1. The lowest BCUT2D eigenvalue weighted by atomic mass is 9.96. The Morgan fingerprint density at radius 3 is 1.82 bits per heavy atom. The molecule has 3 aromatic rings. The third-order valence-corrected chi connectivity index (χ3v) is 7.65. The number of amides is 3. The monoisotopic (exact) mass is 526 g/mol. The molecule has 0 bridgehead atoms. The van der Waals surface area contributed by atoms with Gasteiger partial charge in [-0.2, -0.15) is 0 Å². The second-order valence-electron chi connectivity index (χ2n) is 10.3. The number of piperazine rings is 1. The summed E-state index contributed by atoms with van der Waals surface area (Å²) < 4.78 is 0. The summed E-state index contributed by atoms with van der Waals surface area (Å²) in [7, 11) is 0. The molecule has 0 radical (unpaired) electrons. The van der Waals surface area contributed by atoms with Gasteiger partial charge in [-0.25, -0.2) is 4.79 Å². The smallest absolute Gasteiger partial charge is 0.317 e. The number of urea groups is 1. The van der Waals surface area contributed by atoms with Crippen molar-refractivity contribution in [2.24, 2.45) is 0 Å². The predicted octanol–water partition coefficient (Wildman–Crippen LogP) is 5.88. The minimum absolute atomic E-state index is 0.106. The highest BCUT2D eigenvalue weighted by atomic mass is 16.2. The molecule has 1 unspecified atom stereocenters. The molecule has 206 valence electrons. The van der Waals surface area contributed by atoms with Gasteiger partial charge in [-0.3, -0.25) is 9.69 Å². The first kappa shape index (κ1) is 28.4. The third-order valence-electron chi connectivity index (χ3n) is 7.65. The summed E-state index contributed by atoms with van der Waals surface area (Å²) in [5, 5.41) is 3.04. The van der Waals surface area contributed by atoms with Crippen LogP contribution in [0.4, 0.5) is 4.79 Å². The van der Waals surface area contributed by atoms with E-state index in [1.54, 1.807) is 4.90 Å². The Morgan fingerprint density at radius 1 is 0.795 bits per heavy atom. The van der Waals surface area contributed by atoms with Gasteiger partial charge in [-0.05, 0) is 30.0 Å². The predicted molar refractivity (Wildman–Crippen MR) is 157 cm³/mol. The third kappa shape index (κ3) is 7.70. The zero-order valence-corrected chi connectivity index (χ0v) is 23.3. The molecule has 1 atom stereocenters. The van der Waals surface area contributed by atoms with Crippen molar-refractivity contribution in [3.8, 4) is 0 Å². The molecule has 1 saturated heterocycles. The molecular formula is C33H42N4O2. The highest BCUT2D eigenvalue weighted by molar-refractivity contribution is 5.78. The van der Waals surface area contributed by atoms with Gasteiger partial charge in [-0.1, -0.05) is 104 Å². The first-order chi connectivity index (χ1) is 19.1. The molecule has 6 nitrogen and oxygen atoms in total. The number of rotatable bonds is 11. The van der Waals surface area contributed by atoms with Gasteiger partial charge >= 0.3 is 6.03 Å². The van der Waals surface area contributed by atoms with Crippen LogP contribution in [0.2, 0.25) is 0 Å². The molecule has 1 N–H and O–H groups in total. The molecule has 0 aliphatic carbocycles. The van der Waals surface area contributed by atoms with E-state index in [1.165, 1.54) is 11.1 Å². The Bertz CT molecular complexity index is 1110. The molecule has 1 aliphatic heterocycles. The molecular weight excluding hydrogens is 484 g/mol. The highest BCUT2D eigenvalue weighted by Crippen LogP contribution is 2.29. The first-order valence-electron chi connectivity index (χ1n) is 14.3. The molecule has 6 heteroatoms. The average molecular weight is 527 g/mol. The molecule has 1 fully saturated rings. The van der Waals surface area contributed by atoms with Crippen molar-refractivity contribution in [3.63, 3.8) is 0 Å². The topological polar surface area (TPSA) is 55.9 Å². The summed E-state index contributed by atoms with van der Waals surface area (Å²) in [5.41, 5.74) is 3.60. The lowest BCUT2D eigenvalue weighted by molar-refractivity contribution is -0.133. The Morgan fingerprint density at radius 2 is 1.31 bits per heavy atom. The fourth-order valence-electron chi connectivity index (χ4n) is 5.34. The molecule has 3 aromatic carbocycles. The summed E-state index contributed by atoms with van der Waals surface area (Å²) in [6, 6.07) is 31.2. The van der Waals surface area contributed by atoms with Gasteiger partial charge in [0.05, 0.1) is 12.1 Å². The van der Waals surface area contributed by atoms with Crippen LogP contribution in [-0.2, 0) is 4.79 Å². The normalized spacial score (nSPS) is 14.7. The molecule has 0 aromatic heterocycles. The maximum atomic E-state index is 13.3. The molecule has 3 amide bonds. The van der Waals surface area contributed by atoms with Crippen molar-refractivity contribution >= 4 is 11.9 Å². The van der Waals surface area contributed by atoms with Crippen LogP contribution in [0.5, 0.6) is 0 Å².